The monoisotopic (exact) mass is 732 g/mol. The Bertz CT molecular complexity index is 2020. The lowest BCUT2D eigenvalue weighted by Gasteiger charge is -2.39. The van der Waals surface area contributed by atoms with Gasteiger partial charge in [0, 0.05) is 78.5 Å². The molecule has 0 aliphatic carbocycles. The summed E-state index contributed by atoms with van der Waals surface area (Å²) in [5.41, 5.74) is 7.94. The van der Waals surface area contributed by atoms with Crippen LogP contribution in [-0.4, -0.2) is 87.8 Å². The van der Waals surface area contributed by atoms with Gasteiger partial charge < -0.3 is 25.2 Å². The number of piperidine rings is 1. The molecule has 2 N–H and O–H groups in total. The number of fused-ring (bicyclic) bond motifs is 4. The molecule has 14 heteroatoms. The third-order valence-electron chi connectivity index (χ3n) is 9.09. The van der Waals surface area contributed by atoms with Crippen molar-refractivity contribution in [3.8, 4) is 16.9 Å². The molecule has 1 saturated heterocycles. The molecule has 2 aromatic carbocycles. The van der Waals surface area contributed by atoms with E-state index in [9.17, 15) is 0 Å². The number of hydrogen-bond donors (Lipinski definition) is 2. The molecule has 1 fully saturated rings. The summed E-state index contributed by atoms with van der Waals surface area (Å²) in [6.07, 6.45) is 10.3. The third kappa shape index (κ3) is 6.22. The average Bonchev–Trinajstić information content (AvgIpc) is 3.34. The smallest absolute Gasteiger partial charge is 0.229 e. The van der Waals surface area contributed by atoms with E-state index in [0.29, 0.717) is 17.8 Å². The van der Waals surface area contributed by atoms with Gasteiger partial charge in [0.25, 0.3) is 0 Å². The molecule has 47 heavy (non-hydrogen) atoms. The van der Waals surface area contributed by atoms with Gasteiger partial charge in [-0.1, -0.05) is 11.8 Å². The zero-order chi connectivity index (χ0) is 32.9. The number of likely N-dealkylation sites (tertiary alicyclic amines) is 1. The highest BCUT2D eigenvalue weighted by molar-refractivity contribution is 9.10. The largest absolute Gasteiger partial charge is 0.494 e. The van der Waals surface area contributed by atoms with E-state index in [1.54, 1.807) is 25.7 Å². The molecule has 3 aromatic heterocycles. The fraction of sp³-hybridized carbons (Fsp3) is 0.364. The molecule has 0 spiro atoms. The number of methoxy groups -OCH3 is 1. The van der Waals surface area contributed by atoms with Crippen molar-refractivity contribution in [1.82, 2.24) is 34.6 Å². The normalized spacial score (nSPS) is 15.7. The quantitative estimate of drug-likeness (QED) is 0.195. The molecule has 2 aliphatic rings. The first kappa shape index (κ1) is 31.9. The standard InChI is InChI=1S/C33H38BrN10OPS/c1-42-13-8-20(9-14-42)44-15-10-27-22(18-38-43(27)2)21-16-26(29(45-3)17-28(21)44)40-33-37-19-23(34)32(41-33)39-25-7-6-24-30(36-12-11-35-24)31(25)46(4,5)47/h6-7,11-12,16-20H,8-10,13-15H2,1-5H3,(H2,37,39,40,41). The second-order valence-electron chi connectivity index (χ2n) is 12.6. The zero-order valence-electron chi connectivity index (χ0n) is 27.2. The number of hydrogen-bond acceptors (Lipinski definition) is 11. The Labute approximate surface area is 288 Å². The summed E-state index contributed by atoms with van der Waals surface area (Å²) in [5.74, 6) is 1.76. The van der Waals surface area contributed by atoms with Crippen LogP contribution in [0.15, 0.2) is 53.5 Å². The first-order chi connectivity index (χ1) is 22.6. The summed E-state index contributed by atoms with van der Waals surface area (Å²) in [6, 6.07) is 6.81. The van der Waals surface area contributed by atoms with E-state index in [2.05, 4.69) is 88.9 Å². The Morgan fingerprint density at radius 3 is 2.51 bits per heavy atom. The Kier molecular flexibility index (Phi) is 8.67. The van der Waals surface area contributed by atoms with Crippen LogP contribution < -0.4 is 25.6 Å². The maximum Gasteiger partial charge on any atom is 0.229 e. The van der Waals surface area contributed by atoms with E-state index in [0.717, 1.165) is 88.0 Å². The molecule has 244 valence electrons. The molecule has 5 aromatic rings. The van der Waals surface area contributed by atoms with Gasteiger partial charge in [-0.3, -0.25) is 14.6 Å². The Hall–Kier alpha value is -3.64. The van der Waals surface area contributed by atoms with E-state index in [1.165, 1.54) is 11.4 Å². The van der Waals surface area contributed by atoms with Crippen molar-refractivity contribution in [1.29, 1.82) is 0 Å². The van der Waals surface area contributed by atoms with Crippen LogP contribution in [-0.2, 0) is 25.3 Å². The van der Waals surface area contributed by atoms with Crippen molar-refractivity contribution in [2.45, 2.75) is 25.3 Å². The van der Waals surface area contributed by atoms with Gasteiger partial charge in [0.15, 0.2) is 0 Å². The second kappa shape index (κ2) is 12.8. The fourth-order valence-corrected chi connectivity index (χ4v) is 8.97. The summed E-state index contributed by atoms with van der Waals surface area (Å²) in [6.45, 7) is 7.33. The minimum absolute atomic E-state index is 0.427. The Balaban J connectivity index is 1.26. The molecular formula is C33H38BrN10OPS. The number of nitrogens with one attached hydrogen (secondary N) is 2. The van der Waals surface area contributed by atoms with Crippen LogP contribution in [0, 0.1) is 0 Å². The molecule has 0 radical (unpaired) electrons. The van der Waals surface area contributed by atoms with Gasteiger partial charge in [-0.2, -0.15) is 10.1 Å². The predicted octanol–water partition coefficient (Wildman–Crippen LogP) is 5.90. The van der Waals surface area contributed by atoms with Crippen molar-refractivity contribution in [2.24, 2.45) is 7.05 Å². The lowest BCUT2D eigenvalue weighted by atomic mass is 9.99. The van der Waals surface area contributed by atoms with Crippen LogP contribution in [0.25, 0.3) is 22.2 Å². The second-order valence-corrected chi connectivity index (χ2v) is 19.3. The summed E-state index contributed by atoms with van der Waals surface area (Å²) < 4.78 is 8.72. The average molecular weight is 734 g/mol. The van der Waals surface area contributed by atoms with Gasteiger partial charge in [-0.05, 0) is 86.5 Å². The summed E-state index contributed by atoms with van der Waals surface area (Å²) in [4.78, 5) is 23.6. The van der Waals surface area contributed by atoms with Crippen molar-refractivity contribution in [3.05, 3.63) is 59.2 Å². The molecule has 11 nitrogen and oxygen atoms in total. The van der Waals surface area contributed by atoms with Crippen LogP contribution in [0.2, 0.25) is 0 Å². The van der Waals surface area contributed by atoms with Crippen molar-refractivity contribution in [3.63, 3.8) is 0 Å². The third-order valence-corrected chi connectivity index (χ3v) is 11.8. The molecule has 0 bridgehead atoms. The minimum Gasteiger partial charge on any atom is -0.494 e. The number of halogens is 1. The summed E-state index contributed by atoms with van der Waals surface area (Å²) in [7, 11) is 5.94. The maximum absolute atomic E-state index is 6.02. The van der Waals surface area contributed by atoms with Crippen molar-refractivity contribution in [2.75, 3.05) is 62.7 Å². The summed E-state index contributed by atoms with van der Waals surface area (Å²) >= 11 is 9.67. The molecular weight excluding hydrogens is 695 g/mol. The van der Waals surface area contributed by atoms with Gasteiger partial charge in [0.2, 0.25) is 5.95 Å². The molecule has 0 unspecified atom stereocenters. The Morgan fingerprint density at radius 2 is 1.74 bits per heavy atom. The molecule has 0 amide bonds. The van der Waals surface area contributed by atoms with Crippen LogP contribution >= 0.6 is 22.0 Å². The highest BCUT2D eigenvalue weighted by Gasteiger charge is 2.31. The van der Waals surface area contributed by atoms with Crippen molar-refractivity contribution >= 4 is 78.9 Å². The zero-order valence-corrected chi connectivity index (χ0v) is 30.5. The van der Waals surface area contributed by atoms with E-state index in [1.807, 2.05) is 30.1 Å². The predicted molar refractivity (Wildman–Crippen MR) is 198 cm³/mol. The molecule has 5 heterocycles. The number of nitrogens with zero attached hydrogens (tertiary/aromatic N) is 8. The minimum atomic E-state index is -1.93. The number of rotatable bonds is 7. The maximum atomic E-state index is 6.02. The van der Waals surface area contributed by atoms with Gasteiger partial charge in [-0.15, -0.1) is 0 Å². The SMILES string of the molecule is COc1cc2c(cc1Nc1ncc(Br)c(Nc3ccc4nccnc4c3P(C)(C)=S)n1)-c1cnn(C)c1CCN2C1CCN(C)CC1. The molecule has 0 atom stereocenters. The van der Waals surface area contributed by atoms with E-state index >= 15 is 0 Å². The first-order valence-electron chi connectivity index (χ1n) is 15.6. The molecule has 2 aliphatic heterocycles. The van der Waals surface area contributed by atoms with E-state index < -0.39 is 6.04 Å². The van der Waals surface area contributed by atoms with Crippen LogP contribution in [0.1, 0.15) is 18.5 Å². The topological polar surface area (TPSA) is 109 Å². The van der Waals surface area contributed by atoms with Gasteiger partial charge in [-0.25, -0.2) is 4.98 Å². The number of aromatic nitrogens is 6. The first-order valence-corrected chi connectivity index (χ1v) is 20.1. The van der Waals surface area contributed by atoms with E-state index in [-0.39, 0.29) is 0 Å². The lowest BCUT2D eigenvalue weighted by molar-refractivity contribution is 0.250. The number of aryl methyl sites for hydroxylation is 1. The Morgan fingerprint density at radius 1 is 0.957 bits per heavy atom. The fourth-order valence-electron chi connectivity index (χ4n) is 6.74. The van der Waals surface area contributed by atoms with Crippen LogP contribution in [0.3, 0.4) is 0 Å². The highest BCUT2D eigenvalue weighted by Crippen LogP contribution is 2.45. The van der Waals surface area contributed by atoms with Gasteiger partial charge in [0.05, 0.1) is 40.2 Å². The molecule has 0 saturated carbocycles. The van der Waals surface area contributed by atoms with Crippen molar-refractivity contribution < 1.29 is 4.74 Å². The highest BCUT2D eigenvalue weighted by atomic mass is 79.9. The van der Waals surface area contributed by atoms with Crippen LogP contribution in [0.5, 0.6) is 5.75 Å². The number of benzene rings is 2. The van der Waals surface area contributed by atoms with Gasteiger partial charge >= 0.3 is 0 Å². The van der Waals surface area contributed by atoms with E-state index in [4.69, 9.17) is 21.5 Å². The van der Waals surface area contributed by atoms with Crippen LogP contribution in [0.4, 0.5) is 28.8 Å². The number of anilines is 5. The lowest BCUT2D eigenvalue weighted by Crippen LogP contribution is -2.44. The summed E-state index contributed by atoms with van der Waals surface area (Å²) in [5, 5.41) is 12.6. The molecule has 7 rings (SSSR count). The van der Waals surface area contributed by atoms with Gasteiger partial charge in [0.1, 0.15) is 11.6 Å². The number of ether oxygens (including phenoxy) is 1.